The van der Waals surface area contributed by atoms with Crippen LogP contribution in [0.5, 0.6) is 0 Å². The largest absolute Gasteiger partial charge is 0.308 e. The molecule has 1 heterocycles. The summed E-state index contributed by atoms with van der Waals surface area (Å²) in [5.41, 5.74) is 3.01. The molecule has 0 bridgehead atoms. The minimum Gasteiger partial charge on any atom is -0.308 e. The van der Waals surface area contributed by atoms with E-state index in [-0.39, 0.29) is 29.4 Å². The highest BCUT2D eigenvalue weighted by Gasteiger charge is 2.38. The van der Waals surface area contributed by atoms with Crippen LogP contribution in [-0.4, -0.2) is 37.3 Å². The van der Waals surface area contributed by atoms with Crippen LogP contribution in [0, 0.1) is 6.92 Å². The summed E-state index contributed by atoms with van der Waals surface area (Å²) in [6, 6.07) is 12.7. The van der Waals surface area contributed by atoms with Gasteiger partial charge in [0.25, 0.3) is 0 Å². The highest BCUT2D eigenvalue weighted by atomic mass is 79.9. The molecule has 0 N–H and O–H groups in total. The number of benzene rings is 2. The number of sulfonamides is 1. The zero-order chi connectivity index (χ0) is 22.2. The predicted octanol–water partition coefficient (Wildman–Crippen LogP) is 5.06. The molecule has 7 heteroatoms. The Kier molecular flexibility index (Phi) is 6.56. The quantitative estimate of drug-likeness (QED) is 0.571. The Balaban J connectivity index is 1.65. The van der Waals surface area contributed by atoms with Crippen molar-refractivity contribution in [1.82, 2.24) is 4.31 Å². The van der Waals surface area contributed by atoms with E-state index in [1.165, 1.54) is 4.31 Å². The van der Waals surface area contributed by atoms with Crippen molar-refractivity contribution < 1.29 is 13.2 Å². The third kappa shape index (κ3) is 4.59. The van der Waals surface area contributed by atoms with E-state index >= 15 is 0 Å². The van der Waals surface area contributed by atoms with Crippen LogP contribution in [0.3, 0.4) is 0 Å². The monoisotopic (exact) mass is 504 g/mol. The van der Waals surface area contributed by atoms with Gasteiger partial charge in [-0.1, -0.05) is 52.9 Å². The first kappa shape index (κ1) is 22.5. The topological polar surface area (TPSA) is 57.7 Å². The Morgan fingerprint density at radius 2 is 1.77 bits per heavy atom. The van der Waals surface area contributed by atoms with Gasteiger partial charge < -0.3 is 4.90 Å². The smallest absolute Gasteiger partial charge is 0.243 e. The Morgan fingerprint density at radius 3 is 2.45 bits per heavy atom. The average molecular weight is 505 g/mol. The number of nitrogens with zero attached hydrogens (tertiary/aromatic N) is 2. The van der Waals surface area contributed by atoms with Crippen LogP contribution in [0.1, 0.15) is 50.2 Å². The van der Waals surface area contributed by atoms with Crippen molar-refractivity contribution in [1.29, 1.82) is 0 Å². The van der Waals surface area contributed by atoms with Crippen LogP contribution in [0.25, 0.3) is 0 Å². The maximum atomic E-state index is 13.6. The fraction of sp³-hybridized carbons (Fsp3) is 0.458. The lowest BCUT2D eigenvalue weighted by molar-refractivity contribution is -0.119. The Hall–Kier alpha value is -1.70. The van der Waals surface area contributed by atoms with Gasteiger partial charge in [0, 0.05) is 22.2 Å². The molecular weight excluding hydrogens is 476 g/mol. The van der Waals surface area contributed by atoms with Gasteiger partial charge in [0.2, 0.25) is 15.9 Å². The molecule has 1 amide bonds. The van der Waals surface area contributed by atoms with Gasteiger partial charge in [-0.25, -0.2) is 8.42 Å². The third-order valence-electron chi connectivity index (χ3n) is 6.43. The van der Waals surface area contributed by atoms with Gasteiger partial charge in [-0.3, -0.25) is 4.79 Å². The molecule has 2 aromatic carbocycles. The van der Waals surface area contributed by atoms with E-state index in [2.05, 4.69) is 15.9 Å². The number of carbonyl (C=O) groups is 1. The summed E-state index contributed by atoms with van der Waals surface area (Å²) in [7, 11) is -3.77. The van der Waals surface area contributed by atoms with Crippen molar-refractivity contribution >= 4 is 37.5 Å². The highest BCUT2D eigenvalue weighted by Crippen LogP contribution is 2.35. The highest BCUT2D eigenvalue weighted by molar-refractivity contribution is 9.10. The van der Waals surface area contributed by atoms with E-state index in [1.54, 1.807) is 17.0 Å². The molecule has 0 spiro atoms. The molecule has 1 saturated carbocycles. The molecule has 1 fully saturated rings. The summed E-state index contributed by atoms with van der Waals surface area (Å²) >= 11 is 3.50. The molecule has 1 aliphatic heterocycles. The van der Waals surface area contributed by atoms with E-state index in [4.69, 9.17) is 0 Å². The summed E-state index contributed by atoms with van der Waals surface area (Å²) in [5, 5.41) is 0. The molecule has 2 aromatic rings. The van der Waals surface area contributed by atoms with Gasteiger partial charge in [-0.05, 0) is 69.0 Å². The standard InChI is InChI=1S/C24H29BrN2O3S/c1-17-8-11-22(12-9-17)31(29,30)26(21-6-4-3-5-7-21)16-24(28)27-18(2)14-19-15-20(25)10-13-23(19)27/h8-13,15,18,21H,3-7,14,16H2,1-2H3/t18-/m0/s1. The molecule has 1 aliphatic carbocycles. The number of amides is 1. The van der Waals surface area contributed by atoms with Gasteiger partial charge in [0.05, 0.1) is 11.4 Å². The van der Waals surface area contributed by atoms with E-state index in [0.29, 0.717) is 0 Å². The van der Waals surface area contributed by atoms with Gasteiger partial charge >= 0.3 is 0 Å². The molecule has 31 heavy (non-hydrogen) atoms. The molecule has 4 rings (SSSR count). The van der Waals surface area contributed by atoms with Gasteiger partial charge in [-0.15, -0.1) is 0 Å². The number of halogens is 1. The van der Waals surface area contributed by atoms with Gasteiger partial charge in [0.15, 0.2) is 0 Å². The fourth-order valence-corrected chi connectivity index (χ4v) is 6.86. The Morgan fingerprint density at radius 1 is 1.10 bits per heavy atom. The lowest BCUT2D eigenvalue weighted by Crippen LogP contribution is -2.49. The molecule has 0 saturated heterocycles. The Bertz CT molecular complexity index is 1060. The molecule has 1 atom stereocenters. The summed E-state index contributed by atoms with van der Waals surface area (Å²) < 4.78 is 29.7. The maximum absolute atomic E-state index is 13.6. The summed E-state index contributed by atoms with van der Waals surface area (Å²) in [4.78, 5) is 15.5. The van der Waals surface area contributed by atoms with Crippen LogP contribution in [0.15, 0.2) is 51.8 Å². The molecule has 5 nitrogen and oxygen atoms in total. The second kappa shape index (κ2) is 9.04. The van der Waals surface area contributed by atoms with Crippen molar-refractivity contribution in [2.75, 3.05) is 11.4 Å². The van der Waals surface area contributed by atoms with Crippen LogP contribution in [0.4, 0.5) is 5.69 Å². The number of hydrogen-bond acceptors (Lipinski definition) is 3. The normalized spacial score (nSPS) is 19.6. The minimum absolute atomic E-state index is 0.00656. The number of anilines is 1. The first-order chi connectivity index (χ1) is 14.8. The number of aryl methyl sites for hydroxylation is 1. The number of hydrogen-bond donors (Lipinski definition) is 0. The minimum atomic E-state index is -3.77. The van der Waals surface area contributed by atoms with Gasteiger partial charge in [-0.2, -0.15) is 4.31 Å². The number of fused-ring (bicyclic) bond motifs is 1. The average Bonchev–Trinajstić information content (AvgIpc) is 3.07. The van der Waals surface area contributed by atoms with E-state index in [9.17, 15) is 13.2 Å². The van der Waals surface area contributed by atoms with Crippen LogP contribution in [-0.2, 0) is 21.2 Å². The molecule has 0 radical (unpaired) electrons. The predicted molar refractivity (Wildman–Crippen MR) is 127 cm³/mol. The molecule has 2 aliphatic rings. The van der Waals surface area contributed by atoms with Crippen molar-refractivity contribution in [3.8, 4) is 0 Å². The summed E-state index contributed by atoms with van der Waals surface area (Å²) in [5.74, 6) is -0.158. The van der Waals surface area contributed by atoms with E-state index < -0.39 is 10.0 Å². The fourth-order valence-electron chi connectivity index (χ4n) is 4.81. The van der Waals surface area contributed by atoms with Crippen LogP contribution < -0.4 is 4.90 Å². The lowest BCUT2D eigenvalue weighted by Gasteiger charge is -2.34. The third-order valence-corrected chi connectivity index (χ3v) is 8.83. The molecular formula is C24H29BrN2O3S. The first-order valence-electron chi connectivity index (χ1n) is 11.0. The van der Waals surface area contributed by atoms with Crippen molar-refractivity contribution in [2.45, 2.75) is 69.4 Å². The second-order valence-electron chi connectivity index (χ2n) is 8.75. The lowest BCUT2D eigenvalue weighted by atomic mass is 9.95. The maximum Gasteiger partial charge on any atom is 0.243 e. The second-order valence-corrected chi connectivity index (χ2v) is 11.6. The molecule has 0 unspecified atom stereocenters. The van der Waals surface area contributed by atoms with Crippen molar-refractivity contribution in [2.24, 2.45) is 0 Å². The summed E-state index contributed by atoms with van der Waals surface area (Å²) in [6.45, 7) is 3.83. The zero-order valence-corrected chi connectivity index (χ0v) is 20.5. The molecule has 166 valence electrons. The zero-order valence-electron chi connectivity index (χ0n) is 18.1. The number of carbonyl (C=O) groups excluding carboxylic acids is 1. The Labute approximate surface area is 193 Å². The number of rotatable bonds is 5. The molecule has 0 aromatic heterocycles. The van der Waals surface area contributed by atoms with Crippen molar-refractivity contribution in [3.63, 3.8) is 0 Å². The van der Waals surface area contributed by atoms with Crippen LogP contribution in [0.2, 0.25) is 0 Å². The van der Waals surface area contributed by atoms with Crippen molar-refractivity contribution in [3.05, 3.63) is 58.1 Å². The first-order valence-corrected chi connectivity index (χ1v) is 13.2. The SMILES string of the molecule is Cc1ccc(S(=O)(=O)N(CC(=O)N2c3ccc(Br)cc3C[C@@H]2C)C2CCCCC2)cc1. The van der Waals surface area contributed by atoms with E-state index in [0.717, 1.165) is 59.8 Å². The van der Waals surface area contributed by atoms with Crippen LogP contribution >= 0.6 is 15.9 Å². The van der Waals surface area contributed by atoms with E-state index in [1.807, 2.05) is 44.2 Å². The van der Waals surface area contributed by atoms with Gasteiger partial charge in [0.1, 0.15) is 0 Å². The summed E-state index contributed by atoms with van der Waals surface area (Å²) in [6.07, 6.45) is 5.49.